The molecule has 0 spiro atoms. The number of carbonyl (C=O) groups is 2. The molecule has 10 heteroatoms. The van der Waals surface area contributed by atoms with Gasteiger partial charge in [-0.2, -0.15) is 5.26 Å². The third kappa shape index (κ3) is 4.04. The molecule has 2 heterocycles. The highest BCUT2D eigenvalue weighted by atomic mass is 16.5. The van der Waals surface area contributed by atoms with Gasteiger partial charge < -0.3 is 24.5 Å². The van der Waals surface area contributed by atoms with Gasteiger partial charge in [-0.3, -0.25) is 4.79 Å². The van der Waals surface area contributed by atoms with Gasteiger partial charge in [0.2, 0.25) is 5.89 Å². The smallest absolute Gasteiger partial charge is 0.407 e. The molecular weight excluding hydrogens is 354 g/mol. The molecular formula is C17H17N5O5. The molecule has 2 aromatic rings. The van der Waals surface area contributed by atoms with Crippen LogP contribution in [0.2, 0.25) is 0 Å². The summed E-state index contributed by atoms with van der Waals surface area (Å²) in [6.07, 6.45) is -0.636. The van der Waals surface area contributed by atoms with E-state index in [4.69, 9.17) is 14.4 Å². The number of amides is 2. The molecule has 3 rings (SSSR count). The molecule has 1 aromatic carbocycles. The Morgan fingerprint density at radius 3 is 3.00 bits per heavy atom. The highest BCUT2D eigenvalue weighted by Crippen LogP contribution is 2.21. The number of methoxy groups -OCH3 is 1. The molecule has 0 aliphatic carbocycles. The van der Waals surface area contributed by atoms with Crippen molar-refractivity contribution in [1.29, 1.82) is 5.26 Å². The Kier molecular flexibility index (Phi) is 5.33. The van der Waals surface area contributed by atoms with E-state index in [0.717, 1.165) is 0 Å². The third-order valence-corrected chi connectivity index (χ3v) is 4.21. The first-order valence-corrected chi connectivity index (χ1v) is 8.15. The van der Waals surface area contributed by atoms with Crippen LogP contribution in [0, 0.1) is 11.3 Å². The molecule has 2 unspecified atom stereocenters. The molecule has 10 nitrogen and oxygen atoms in total. The molecule has 0 saturated carbocycles. The zero-order valence-corrected chi connectivity index (χ0v) is 14.5. The Balaban J connectivity index is 1.68. The summed E-state index contributed by atoms with van der Waals surface area (Å²) in [4.78, 5) is 24.9. The number of likely N-dealkylation sites (tertiary alicyclic amines) is 1. The molecule has 1 saturated heterocycles. The maximum absolute atomic E-state index is 12.4. The number of carbonyl (C=O) groups excluding carboxylic acids is 1. The SMILES string of the molecule is COCC1CC(NC(=O)c2nnc(-c3cccc(C#N)c3)o2)CN1C(=O)O. The average Bonchev–Trinajstić information content (AvgIpc) is 3.29. The van der Waals surface area contributed by atoms with Gasteiger partial charge in [-0.05, 0) is 24.6 Å². The number of nitrogens with one attached hydrogen (secondary N) is 1. The number of nitrogens with zero attached hydrogens (tertiary/aromatic N) is 4. The predicted octanol–water partition coefficient (Wildman–Crippen LogP) is 1.11. The van der Waals surface area contributed by atoms with E-state index in [-0.39, 0.29) is 37.0 Å². The van der Waals surface area contributed by atoms with Gasteiger partial charge in [-0.1, -0.05) is 6.07 Å². The van der Waals surface area contributed by atoms with E-state index in [2.05, 4.69) is 15.5 Å². The highest BCUT2D eigenvalue weighted by Gasteiger charge is 2.36. The number of nitriles is 1. The van der Waals surface area contributed by atoms with Crippen LogP contribution in [0.3, 0.4) is 0 Å². The number of hydrogen-bond donors (Lipinski definition) is 2. The monoisotopic (exact) mass is 371 g/mol. The van der Waals surface area contributed by atoms with E-state index in [1.165, 1.54) is 12.0 Å². The number of rotatable bonds is 5. The Hall–Kier alpha value is -3.45. The lowest BCUT2D eigenvalue weighted by molar-refractivity contribution is 0.0900. The van der Waals surface area contributed by atoms with Gasteiger partial charge in [0.1, 0.15) is 0 Å². The maximum Gasteiger partial charge on any atom is 0.407 e. The summed E-state index contributed by atoms with van der Waals surface area (Å²) in [6, 6.07) is 7.87. The minimum atomic E-state index is -1.06. The number of ether oxygens (including phenoxy) is 1. The normalized spacial score (nSPS) is 18.9. The number of benzene rings is 1. The van der Waals surface area contributed by atoms with Crippen molar-refractivity contribution in [3.63, 3.8) is 0 Å². The van der Waals surface area contributed by atoms with E-state index in [1.807, 2.05) is 6.07 Å². The zero-order valence-electron chi connectivity index (χ0n) is 14.5. The molecule has 2 N–H and O–H groups in total. The van der Waals surface area contributed by atoms with Crippen molar-refractivity contribution >= 4 is 12.0 Å². The first-order chi connectivity index (χ1) is 13.0. The van der Waals surface area contributed by atoms with E-state index >= 15 is 0 Å². The molecule has 1 aromatic heterocycles. The molecule has 27 heavy (non-hydrogen) atoms. The number of aromatic nitrogens is 2. The van der Waals surface area contributed by atoms with Crippen LogP contribution in [0.15, 0.2) is 28.7 Å². The first kappa shape index (κ1) is 18.3. The number of hydrogen-bond acceptors (Lipinski definition) is 7. The van der Waals surface area contributed by atoms with E-state index in [0.29, 0.717) is 17.5 Å². The fourth-order valence-electron chi connectivity index (χ4n) is 3.01. The third-order valence-electron chi connectivity index (χ3n) is 4.21. The summed E-state index contributed by atoms with van der Waals surface area (Å²) < 4.78 is 10.4. The van der Waals surface area contributed by atoms with Crippen LogP contribution in [0.25, 0.3) is 11.5 Å². The van der Waals surface area contributed by atoms with Crippen LogP contribution in [0.5, 0.6) is 0 Å². The lowest BCUT2D eigenvalue weighted by Crippen LogP contribution is -2.39. The van der Waals surface area contributed by atoms with Gasteiger partial charge in [-0.25, -0.2) is 4.79 Å². The lowest BCUT2D eigenvalue weighted by Gasteiger charge is -2.19. The highest BCUT2D eigenvalue weighted by molar-refractivity contribution is 5.90. The maximum atomic E-state index is 12.4. The van der Waals surface area contributed by atoms with Gasteiger partial charge in [0.15, 0.2) is 0 Å². The van der Waals surface area contributed by atoms with Crippen molar-refractivity contribution in [2.24, 2.45) is 0 Å². The molecule has 2 amide bonds. The van der Waals surface area contributed by atoms with Crippen LogP contribution >= 0.6 is 0 Å². The molecule has 1 aliphatic heterocycles. The van der Waals surface area contributed by atoms with Crippen molar-refractivity contribution in [3.8, 4) is 17.5 Å². The molecule has 1 aliphatic rings. The van der Waals surface area contributed by atoms with Gasteiger partial charge in [0.25, 0.3) is 0 Å². The summed E-state index contributed by atoms with van der Waals surface area (Å²) in [5, 5.41) is 28.5. The quantitative estimate of drug-likeness (QED) is 0.796. The summed E-state index contributed by atoms with van der Waals surface area (Å²) in [5.74, 6) is -0.698. The standard InChI is InChI=1S/C17H17N5O5/c1-26-9-13-6-12(8-22(13)17(24)25)19-14(23)16-21-20-15(27-16)11-4-2-3-10(5-11)7-18/h2-5,12-13H,6,8-9H2,1H3,(H,19,23)(H,24,25). The summed E-state index contributed by atoms with van der Waals surface area (Å²) in [6.45, 7) is 0.402. The Morgan fingerprint density at radius 2 is 2.30 bits per heavy atom. The van der Waals surface area contributed by atoms with Gasteiger partial charge in [-0.15, -0.1) is 10.2 Å². The average molecular weight is 371 g/mol. The zero-order chi connectivity index (χ0) is 19.4. The topological polar surface area (TPSA) is 142 Å². The fourth-order valence-corrected chi connectivity index (χ4v) is 3.01. The molecule has 0 radical (unpaired) electrons. The minimum Gasteiger partial charge on any atom is -0.465 e. The van der Waals surface area contributed by atoms with Crippen LogP contribution in [0.1, 0.15) is 22.7 Å². The number of carboxylic acid groups (broad SMARTS) is 1. The van der Waals surface area contributed by atoms with Gasteiger partial charge in [0, 0.05) is 25.3 Å². The van der Waals surface area contributed by atoms with Crippen LogP contribution in [-0.2, 0) is 4.74 Å². The summed E-state index contributed by atoms with van der Waals surface area (Å²) in [5.41, 5.74) is 0.958. The second-order valence-corrected chi connectivity index (χ2v) is 6.06. The van der Waals surface area contributed by atoms with E-state index in [1.54, 1.807) is 24.3 Å². The lowest BCUT2D eigenvalue weighted by atomic mass is 10.1. The fraction of sp³-hybridized carbons (Fsp3) is 0.353. The van der Waals surface area contributed by atoms with E-state index in [9.17, 15) is 14.7 Å². The second kappa shape index (κ2) is 7.84. The second-order valence-electron chi connectivity index (χ2n) is 6.06. The van der Waals surface area contributed by atoms with Crippen molar-refractivity contribution in [2.75, 3.05) is 20.3 Å². The Morgan fingerprint density at radius 1 is 1.48 bits per heavy atom. The van der Waals surface area contributed by atoms with Crippen molar-refractivity contribution < 1.29 is 23.8 Å². The summed E-state index contributed by atoms with van der Waals surface area (Å²) >= 11 is 0. The van der Waals surface area contributed by atoms with Crippen molar-refractivity contribution in [2.45, 2.75) is 18.5 Å². The van der Waals surface area contributed by atoms with Crippen LogP contribution < -0.4 is 5.32 Å². The van der Waals surface area contributed by atoms with E-state index < -0.39 is 12.0 Å². The molecule has 1 fully saturated rings. The first-order valence-electron chi connectivity index (χ1n) is 8.15. The predicted molar refractivity (Wildman–Crippen MR) is 90.7 cm³/mol. The Bertz CT molecular complexity index is 890. The largest absolute Gasteiger partial charge is 0.465 e. The van der Waals surface area contributed by atoms with Crippen molar-refractivity contribution in [1.82, 2.24) is 20.4 Å². The van der Waals surface area contributed by atoms with Crippen LogP contribution in [0.4, 0.5) is 4.79 Å². The summed E-state index contributed by atoms with van der Waals surface area (Å²) in [7, 11) is 1.49. The van der Waals surface area contributed by atoms with Crippen LogP contribution in [-0.4, -0.2) is 64.5 Å². The minimum absolute atomic E-state index is 0.119. The Labute approximate surface area is 154 Å². The van der Waals surface area contributed by atoms with Crippen molar-refractivity contribution in [3.05, 3.63) is 35.7 Å². The van der Waals surface area contributed by atoms with Gasteiger partial charge in [0.05, 0.1) is 24.3 Å². The molecule has 2 atom stereocenters. The molecule has 0 bridgehead atoms. The van der Waals surface area contributed by atoms with Gasteiger partial charge >= 0.3 is 17.9 Å². The molecule has 140 valence electrons.